The predicted octanol–water partition coefficient (Wildman–Crippen LogP) is 1.08. The van der Waals surface area contributed by atoms with E-state index in [0.717, 1.165) is 6.42 Å². The molecule has 0 aliphatic heterocycles. The van der Waals surface area contributed by atoms with Gasteiger partial charge in [0.1, 0.15) is 6.61 Å². The van der Waals surface area contributed by atoms with Gasteiger partial charge in [0.15, 0.2) is 0 Å². The fourth-order valence-electron chi connectivity index (χ4n) is 0.704. The third-order valence-electron chi connectivity index (χ3n) is 1.65. The minimum Gasteiger partial charge on any atom is -0.422 e. The zero-order valence-electron chi connectivity index (χ0n) is 6.74. The molecule has 4 nitrogen and oxygen atoms in total. The molecule has 1 aromatic rings. The van der Waals surface area contributed by atoms with Crippen LogP contribution in [0.3, 0.4) is 0 Å². The molecular formula is C7H12N2O2. The van der Waals surface area contributed by atoms with Crippen molar-refractivity contribution in [1.82, 2.24) is 10.2 Å². The zero-order chi connectivity index (χ0) is 8.27. The lowest BCUT2D eigenvalue weighted by Crippen LogP contribution is -1.90. The summed E-state index contributed by atoms with van der Waals surface area (Å²) in [5.74, 6) is 1.18. The van der Waals surface area contributed by atoms with Crippen LogP contribution in [-0.4, -0.2) is 15.3 Å². The van der Waals surface area contributed by atoms with E-state index in [9.17, 15) is 0 Å². The van der Waals surface area contributed by atoms with E-state index in [1.807, 2.05) is 13.8 Å². The summed E-state index contributed by atoms with van der Waals surface area (Å²) in [7, 11) is 0. The number of nitrogens with zero attached hydrogens (tertiary/aromatic N) is 2. The van der Waals surface area contributed by atoms with Crippen molar-refractivity contribution in [3.63, 3.8) is 0 Å². The van der Waals surface area contributed by atoms with Crippen LogP contribution in [0.15, 0.2) is 4.42 Å². The molecule has 0 saturated carbocycles. The molecule has 0 saturated heterocycles. The summed E-state index contributed by atoms with van der Waals surface area (Å²) >= 11 is 0. The van der Waals surface area contributed by atoms with Crippen molar-refractivity contribution in [2.45, 2.75) is 32.8 Å². The van der Waals surface area contributed by atoms with Gasteiger partial charge in [-0.1, -0.05) is 13.8 Å². The Hall–Kier alpha value is -0.900. The smallest absolute Gasteiger partial charge is 0.241 e. The van der Waals surface area contributed by atoms with Crippen molar-refractivity contribution in [2.75, 3.05) is 0 Å². The minimum atomic E-state index is -0.177. The molecule has 0 fully saturated rings. The average molecular weight is 156 g/mol. The maximum absolute atomic E-state index is 8.61. The van der Waals surface area contributed by atoms with E-state index in [0.29, 0.717) is 11.8 Å². The van der Waals surface area contributed by atoms with Gasteiger partial charge in [0.2, 0.25) is 11.8 Å². The number of hydrogen-bond donors (Lipinski definition) is 1. The van der Waals surface area contributed by atoms with Crippen LogP contribution in [0.1, 0.15) is 38.0 Å². The zero-order valence-corrected chi connectivity index (χ0v) is 6.74. The fourth-order valence-corrected chi connectivity index (χ4v) is 0.704. The first-order valence-electron chi connectivity index (χ1n) is 3.71. The van der Waals surface area contributed by atoms with Crippen molar-refractivity contribution >= 4 is 0 Å². The molecule has 1 atom stereocenters. The van der Waals surface area contributed by atoms with Gasteiger partial charge in [0.25, 0.3) is 0 Å². The summed E-state index contributed by atoms with van der Waals surface area (Å²) in [4.78, 5) is 0. The van der Waals surface area contributed by atoms with Crippen LogP contribution in [0.4, 0.5) is 0 Å². The van der Waals surface area contributed by atoms with Crippen molar-refractivity contribution < 1.29 is 9.52 Å². The molecule has 0 radical (unpaired) electrons. The summed E-state index contributed by atoms with van der Waals surface area (Å²) in [5.41, 5.74) is 0. The van der Waals surface area contributed by atoms with Crippen molar-refractivity contribution in [3.05, 3.63) is 11.8 Å². The largest absolute Gasteiger partial charge is 0.422 e. The second-order valence-corrected chi connectivity index (χ2v) is 2.50. The monoisotopic (exact) mass is 156 g/mol. The Labute approximate surface area is 65.3 Å². The highest BCUT2D eigenvalue weighted by molar-refractivity contribution is 4.87. The SMILES string of the molecule is CC[C@H](C)c1nnc(CO)o1. The van der Waals surface area contributed by atoms with Gasteiger partial charge in [0, 0.05) is 5.92 Å². The Morgan fingerprint density at radius 1 is 1.55 bits per heavy atom. The molecule has 0 unspecified atom stereocenters. The number of aromatic nitrogens is 2. The quantitative estimate of drug-likeness (QED) is 0.711. The fraction of sp³-hybridized carbons (Fsp3) is 0.714. The first-order valence-corrected chi connectivity index (χ1v) is 3.71. The first-order chi connectivity index (χ1) is 5.27. The number of aliphatic hydroxyl groups excluding tert-OH is 1. The topological polar surface area (TPSA) is 59.2 Å². The third-order valence-corrected chi connectivity index (χ3v) is 1.65. The predicted molar refractivity (Wildman–Crippen MR) is 38.9 cm³/mol. The normalized spacial score (nSPS) is 13.4. The second kappa shape index (κ2) is 3.48. The highest BCUT2D eigenvalue weighted by Crippen LogP contribution is 2.16. The van der Waals surface area contributed by atoms with Gasteiger partial charge < -0.3 is 9.52 Å². The Bertz CT molecular complexity index is 222. The molecule has 1 N–H and O–H groups in total. The molecule has 0 aliphatic carbocycles. The van der Waals surface area contributed by atoms with Gasteiger partial charge in [-0.3, -0.25) is 0 Å². The van der Waals surface area contributed by atoms with Crippen LogP contribution in [0.25, 0.3) is 0 Å². The Balaban J connectivity index is 2.71. The summed E-state index contributed by atoms with van der Waals surface area (Å²) in [6.07, 6.45) is 0.965. The van der Waals surface area contributed by atoms with Crippen LogP contribution < -0.4 is 0 Å². The van der Waals surface area contributed by atoms with E-state index in [4.69, 9.17) is 9.52 Å². The molecule has 1 aromatic heterocycles. The molecule has 0 aliphatic rings. The molecule has 62 valence electrons. The van der Waals surface area contributed by atoms with E-state index in [1.165, 1.54) is 0 Å². The second-order valence-electron chi connectivity index (χ2n) is 2.50. The minimum absolute atomic E-state index is 0.177. The number of rotatable bonds is 3. The van der Waals surface area contributed by atoms with Crippen LogP contribution in [0.2, 0.25) is 0 Å². The highest BCUT2D eigenvalue weighted by atomic mass is 16.4. The maximum atomic E-state index is 8.61. The number of hydrogen-bond acceptors (Lipinski definition) is 4. The average Bonchev–Trinajstić information content (AvgIpc) is 2.50. The molecule has 0 bridgehead atoms. The van der Waals surface area contributed by atoms with Crippen LogP contribution in [0, 0.1) is 0 Å². The molecule has 1 heterocycles. The maximum Gasteiger partial charge on any atom is 0.241 e. The standard InChI is InChI=1S/C7H12N2O2/c1-3-5(2)7-9-8-6(4-10)11-7/h5,10H,3-4H2,1-2H3/t5-/m0/s1. The lowest BCUT2D eigenvalue weighted by molar-refractivity contribution is 0.234. The molecule has 4 heteroatoms. The van der Waals surface area contributed by atoms with Gasteiger partial charge in [-0.15, -0.1) is 10.2 Å². The summed E-state index contributed by atoms with van der Waals surface area (Å²) < 4.78 is 5.11. The van der Waals surface area contributed by atoms with Gasteiger partial charge in [-0.25, -0.2) is 0 Å². The van der Waals surface area contributed by atoms with Crippen molar-refractivity contribution in [3.8, 4) is 0 Å². The summed E-state index contributed by atoms with van der Waals surface area (Å²) in [5, 5.41) is 16.0. The van der Waals surface area contributed by atoms with E-state index >= 15 is 0 Å². The van der Waals surface area contributed by atoms with Gasteiger partial charge in [0.05, 0.1) is 0 Å². The van der Waals surface area contributed by atoms with Crippen LogP contribution in [-0.2, 0) is 6.61 Å². The lowest BCUT2D eigenvalue weighted by Gasteiger charge is -1.98. The van der Waals surface area contributed by atoms with Crippen LogP contribution in [0.5, 0.6) is 0 Å². The third kappa shape index (κ3) is 1.77. The molecular weight excluding hydrogens is 144 g/mol. The van der Waals surface area contributed by atoms with Crippen molar-refractivity contribution in [1.29, 1.82) is 0 Å². The van der Waals surface area contributed by atoms with Crippen LogP contribution >= 0.6 is 0 Å². The van der Waals surface area contributed by atoms with E-state index < -0.39 is 0 Å². The van der Waals surface area contributed by atoms with Gasteiger partial charge in [-0.05, 0) is 6.42 Å². The van der Waals surface area contributed by atoms with E-state index in [2.05, 4.69) is 10.2 Å². The van der Waals surface area contributed by atoms with Gasteiger partial charge in [-0.2, -0.15) is 0 Å². The van der Waals surface area contributed by atoms with E-state index in [1.54, 1.807) is 0 Å². The molecule has 0 spiro atoms. The number of aliphatic hydroxyl groups is 1. The Morgan fingerprint density at radius 3 is 2.73 bits per heavy atom. The van der Waals surface area contributed by atoms with Gasteiger partial charge >= 0.3 is 0 Å². The van der Waals surface area contributed by atoms with E-state index in [-0.39, 0.29) is 12.5 Å². The molecule has 1 rings (SSSR count). The Kier molecular flexibility index (Phi) is 2.59. The summed E-state index contributed by atoms with van der Waals surface area (Å²) in [6, 6.07) is 0. The first kappa shape index (κ1) is 8.20. The highest BCUT2D eigenvalue weighted by Gasteiger charge is 2.10. The molecule has 11 heavy (non-hydrogen) atoms. The van der Waals surface area contributed by atoms with Crippen molar-refractivity contribution in [2.24, 2.45) is 0 Å². The lowest BCUT2D eigenvalue weighted by atomic mass is 10.1. The summed E-state index contributed by atoms with van der Waals surface area (Å²) in [6.45, 7) is 3.88. The molecule has 0 amide bonds. The molecule has 0 aromatic carbocycles. The Morgan fingerprint density at radius 2 is 2.27 bits per heavy atom.